The Hall–Kier alpha value is -1.30. The van der Waals surface area contributed by atoms with E-state index < -0.39 is 0 Å². The third-order valence-corrected chi connectivity index (χ3v) is 2.63. The molecule has 0 fully saturated rings. The molecule has 2 heteroatoms. The average Bonchev–Trinajstić information content (AvgIpc) is 2.37. The topological polar surface area (TPSA) is 35.2 Å². The van der Waals surface area contributed by atoms with E-state index in [1.165, 1.54) is 12.0 Å². The first-order valence-corrected chi connectivity index (χ1v) is 6.58. The Labute approximate surface area is 111 Å². The number of hydrogen-bond acceptors (Lipinski definition) is 2. The van der Waals surface area contributed by atoms with Crippen molar-refractivity contribution in [3.8, 4) is 11.8 Å². The number of benzene rings is 1. The maximum atomic E-state index is 5.64. The molecule has 0 spiro atoms. The summed E-state index contributed by atoms with van der Waals surface area (Å²) in [4.78, 5) is 0. The second-order valence-electron chi connectivity index (χ2n) is 4.79. The molecule has 1 aromatic rings. The highest BCUT2D eigenvalue weighted by molar-refractivity contribution is 5.36. The van der Waals surface area contributed by atoms with Crippen molar-refractivity contribution in [2.24, 2.45) is 11.7 Å². The molecule has 0 aliphatic carbocycles. The fourth-order valence-electron chi connectivity index (χ4n) is 1.62. The van der Waals surface area contributed by atoms with Gasteiger partial charge in [0.2, 0.25) is 0 Å². The van der Waals surface area contributed by atoms with E-state index in [-0.39, 0.29) is 0 Å². The van der Waals surface area contributed by atoms with Crippen molar-refractivity contribution in [3.05, 3.63) is 35.4 Å². The van der Waals surface area contributed by atoms with Gasteiger partial charge in [0.15, 0.2) is 0 Å². The lowest BCUT2D eigenvalue weighted by Gasteiger charge is -2.06. The number of ether oxygens (including phenoxy) is 1. The van der Waals surface area contributed by atoms with Crippen molar-refractivity contribution in [2.75, 3.05) is 13.2 Å². The molecule has 0 saturated heterocycles. The highest BCUT2D eigenvalue weighted by atomic mass is 16.5. The van der Waals surface area contributed by atoms with Gasteiger partial charge in [-0.25, -0.2) is 0 Å². The van der Waals surface area contributed by atoms with Crippen LogP contribution in [0.3, 0.4) is 0 Å². The van der Waals surface area contributed by atoms with Gasteiger partial charge in [-0.15, -0.1) is 0 Å². The highest BCUT2D eigenvalue weighted by Crippen LogP contribution is 2.07. The quantitative estimate of drug-likeness (QED) is 0.618. The smallest absolute Gasteiger partial charge is 0.0716 e. The van der Waals surface area contributed by atoms with Crippen molar-refractivity contribution < 1.29 is 4.74 Å². The first kappa shape index (κ1) is 14.8. The largest absolute Gasteiger partial charge is 0.377 e. The van der Waals surface area contributed by atoms with E-state index in [9.17, 15) is 0 Å². The van der Waals surface area contributed by atoms with Gasteiger partial charge in [-0.1, -0.05) is 37.8 Å². The van der Waals surface area contributed by atoms with Crippen LogP contribution >= 0.6 is 0 Å². The van der Waals surface area contributed by atoms with Crippen molar-refractivity contribution in [2.45, 2.75) is 33.3 Å². The van der Waals surface area contributed by atoms with Gasteiger partial charge >= 0.3 is 0 Å². The molecule has 0 bridgehead atoms. The zero-order valence-electron chi connectivity index (χ0n) is 11.4. The molecule has 1 aromatic carbocycles. The third kappa shape index (κ3) is 6.44. The summed E-state index contributed by atoms with van der Waals surface area (Å²) >= 11 is 0. The van der Waals surface area contributed by atoms with Crippen molar-refractivity contribution in [1.29, 1.82) is 0 Å². The normalized spacial score (nSPS) is 10.2. The Balaban J connectivity index is 2.27. The summed E-state index contributed by atoms with van der Waals surface area (Å²) in [6.07, 6.45) is 2.37. The predicted octanol–water partition coefficient (Wildman–Crippen LogP) is 2.95. The molecule has 1 rings (SSSR count). The Bertz CT molecular complexity index is 384. The monoisotopic (exact) mass is 245 g/mol. The van der Waals surface area contributed by atoms with Gasteiger partial charge in [-0.2, -0.15) is 0 Å². The number of rotatable bonds is 6. The molecular weight excluding hydrogens is 222 g/mol. The van der Waals surface area contributed by atoms with Crippen LogP contribution in [0.2, 0.25) is 0 Å². The average molecular weight is 245 g/mol. The van der Waals surface area contributed by atoms with Crippen LogP contribution in [0, 0.1) is 17.8 Å². The molecule has 0 atom stereocenters. The molecule has 98 valence electrons. The van der Waals surface area contributed by atoms with Crippen molar-refractivity contribution >= 4 is 0 Å². The van der Waals surface area contributed by atoms with Gasteiger partial charge in [0.1, 0.15) is 0 Å². The summed E-state index contributed by atoms with van der Waals surface area (Å²) in [6, 6.07) is 8.14. The van der Waals surface area contributed by atoms with Crippen LogP contribution in [0.4, 0.5) is 0 Å². The number of hydrogen-bond donors (Lipinski definition) is 1. The summed E-state index contributed by atoms with van der Waals surface area (Å²) in [5.74, 6) is 6.60. The Morgan fingerprint density at radius 3 is 2.56 bits per heavy atom. The Kier molecular flexibility index (Phi) is 7.17. The van der Waals surface area contributed by atoms with Gasteiger partial charge in [0.05, 0.1) is 13.2 Å². The van der Waals surface area contributed by atoms with Crippen molar-refractivity contribution in [3.63, 3.8) is 0 Å². The summed E-state index contributed by atoms with van der Waals surface area (Å²) in [5.41, 5.74) is 7.52. The molecule has 2 N–H and O–H groups in total. The van der Waals surface area contributed by atoms with Gasteiger partial charge in [0.25, 0.3) is 0 Å². The van der Waals surface area contributed by atoms with E-state index in [4.69, 9.17) is 10.5 Å². The Morgan fingerprint density at radius 1 is 1.22 bits per heavy atom. The lowest BCUT2D eigenvalue weighted by molar-refractivity contribution is 0.115. The first-order chi connectivity index (χ1) is 8.72. The van der Waals surface area contributed by atoms with E-state index in [2.05, 4.69) is 37.8 Å². The van der Waals surface area contributed by atoms with Crippen LogP contribution in [0.15, 0.2) is 24.3 Å². The van der Waals surface area contributed by atoms with E-state index in [1.54, 1.807) is 0 Å². The molecule has 2 nitrogen and oxygen atoms in total. The van der Waals surface area contributed by atoms with Gasteiger partial charge in [0, 0.05) is 12.2 Å². The van der Waals surface area contributed by atoms with Crippen LogP contribution in [0.5, 0.6) is 0 Å². The minimum absolute atomic E-state index is 0.403. The first-order valence-electron chi connectivity index (χ1n) is 6.58. The summed E-state index contributed by atoms with van der Waals surface area (Å²) in [5, 5.41) is 0. The van der Waals surface area contributed by atoms with Crippen molar-refractivity contribution in [1.82, 2.24) is 0 Å². The summed E-state index contributed by atoms with van der Waals surface area (Å²) < 4.78 is 5.64. The zero-order valence-corrected chi connectivity index (χ0v) is 11.4. The van der Waals surface area contributed by atoms with Gasteiger partial charge in [-0.05, 0) is 36.5 Å². The Morgan fingerprint density at radius 2 is 1.94 bits per heavy atom. The standard InChI is InChI=1S/C16H23NO/c1-14(2)5-4-12-18-13-16-9-7-15(8-10-16)6-3-11-17/h7-10,14H,4-5,11-13,17H2,1-2H3. The second kappa shape index (κ2) is 8.74. The lowest BCUT2D eigenvalue weighted by atomic mass is 10.1. The SMILES string of the molecule is CC(C)CCCOCc1ccc(C#CCN)cc1. The van der Waals surface area contributed by atoms with Crippen LogP contribution in [-0.4, -0.2) is 13.2 Å². The molecule has 0 aliphatic heterocycles. The molecule has 0 saturated carbocycles. The highest BCUT2D eigenvalue weighted by Gasteiger charge is 1.96. The van der Waals surface area contributed by atoms with E-state index >= 15 is 0 Å². The zero-order chi connectivity index (χ0) is 13.2. The number of nitrogens with two attached hydrogens (primary N) is 1. The maximum absolute atomic E-state index is 5.64. The van der Waals surface area contributed by atoms with Crippen LogP contribution in [0.25, 0.3) is 0 Å². The van der Waals surface area contributed by atoms with Crippen LogP contribution < -0.4 is 5.73 Å². The molecule has 18 heavy (non-hydrogen) atoms. The fourth-order valence-corrected chi connectivity index (χ4v) is 1.62. The lowest BCUT2D eigenvalue weighted by Crippen LogP contribution is -1.98. The molecule has 0 radical (unpaired) electrons. The molecule has 0 aromatic heterocycles. The maximum Gasteiger partial charge on any atom is 0.0716 e. The molecule has 0 heterocycles. The predicted molar refractivity (Wildman–Crippen MR) is 76.1 cm³/mol. The van der Waals surface area contributed by atoms with E-state index in [0.29, 0.717) is 13.2 Å². The summed E-state index contributed by atoms with van der Waals surface area (Å²) in [6.45, 7) is 6.40. The van der Waals surface area contributed by atoms with Gasteiger partial charge < -0.3 is 10.5 Å². The van der Waals surface area contributed by atoms with Gasteiger partial charge in [-0.3, -0.25) is 0 Å². The van der Waals surface area contributed by atoms with Crippen LogP contribution in [-0.2, 0) is 11.3 Å². The molecule has 0 aliphatic rings. The van der Waals surface area contributed by atoms with E-state index in [0.717, 1.165) is 24.5 Å². The minimum atomic E-state index is 0.403. The third-order valence-electron chi connectivity index (χ3n) is 2.63. The second-order valence-corrected chi connectivity index (χ2v) is 4.79. The van der Waals surface area contributed by atoms with E-state index in [1.807, 2.05) is 12.1 Å². The summed E-state index contributed by atoms with van der Waals surface area (Å²) in [7, 11) is 0. The molecular formula is C16H23NO. The fraction of sp³-hybridized carbons (Fsp3) is 0.500. The van der Waals surface area contributed by atoms with Crippen LogP contribution in [0.1, 0.15) is 37.8 Å². The molecule has 0 amide bonds. The minimum Gasteiger partial charge on any atom is -0.377 e. The molecule has 0 unspecified atom stereocenters.